The normalized spacial score (nSPS) is 21.5. The number of aromatic nitrogens is 6. The summed E-state index contributed by atoms with van der Waals surface area (Å²) in [5.74, 6) is -0.658. The fourth-order valence-corrected chi connectivity index (χ4v) is 7.18. The van der Waals surface area contributed by atoms with Gasteiger partial charge in [0.2, 0.25) is 5.03 Å². The first-order valence-corrected chi connectivity index (χ1v) is 14.3. The van der Waals surface area contributed by atoms with Gasteiger partial charge in [0.05, 0.1) is 29.5 Å². The van der Waals surface area contributed by atoms with Gasteiger partial charge in [0.25, 0.3) is 10.0 Å². The zero-order valence-corrected chi connectivity index (χ0v) is 22.4. The molecule has 4 heterocycles. The van der Waals surface area contributed by atoms with Crippen molar-refractivity contribution in [3.8, 4) is 5.69 Å². The van der Waals surface area contributed by atoms with Gasteiger partial charge in [0.15, 0.2) is 5.78 Å². The lowest BCUT2D eigenvalue weighted by Crippen LogP contribution is -2.57. The molecule has 0 N–H and O–H groups in total. The number of hydrogen-bond acceptors (Lipinski definition) is 7. The fraction of sp³-hybridized carbons (Fsp3) is 0.370. The van der Waals surface area contributed by atoms with Gasteiger partial charge < -0.3 is 0 Å². The molecule has 0 bridgehead atoms. The maximum absolute atomic E-state index is 14.2. The Kier molecular flexibility index (Phi) is 6.18. The van der Waals surface area contributed by atoms with Crippen LogP contribution in [0.1, 0.15) is 48.1 Å². The molecule has 6 rings (SSSR count). The number of piperidine rings is 1. The number of sulfonamides is 1. The molecule has 1 aliphatic heterocycles. The lowest BCUT2D eigenvalue weighted by atomic mass is 9.60. The Balaban J connectivity index is 1.41. The van der Waals surface area contributed by atoms with Crippen LogP contribution in [0.5, 0.6) is 0 Å². The van der Waals surface area contributed by atoms with Crippen molar-refractivity contribution in [3.63, 3.8) is 0 Å². The summed E-state index contributed by atoms with van der Waals surface area (Å²) in [5, 5.41) is 12.8. The van der Waals surface area contributed by atoms with Crippen LogP contribution in [0.4, 0.5) is 4.39 Å². The lowest BCUT2D eigenvalue weighted by molar-refractivity contribution is 0.0394. The van der Waals surface area contributed by atoms with Crippen molar-refractivity contribution < 1.29 is 17.6 Å². The van der Waals surface area contributed by atoms with Crippen molar-refractivity contribution in [2.45, 2.75) is 44.2 Å². The number of rotatable bonds is 6. The number of pyridine rings is 1. The number of carbonyl (C=O) groups excluding carboxylic acids is 1. The van der Waals surface area contributed by atoms with E-state index >= 15 is 0 Å². The Labute approximate surface area is 225 Å². The van der Waals surface area contributed by atoms with Crippen molar-refractivity contribution >= 4 is 15.8 Å². The zero-order valence-electron chi connectivity index (χ0n) is 21.6. The summed E-state index contributed by atoms with van der Waals surface area (Å²) in [6.07, 6.45) is 5.88. The van der Waals surface area contributed by atoms with Gasteiger partial charge in [-0.3, -0.25) is 9.78 Å². The standard InChI is InChI=1S/C27H28FN7O3S/c1-18(2)35-31-16-25(32-35)39(37,38)33-12-10-20-13-24-19(15-30-34(24)22-8-6-21(28)7-9-22)14-27(20,17-33)26(36)23-5-3-4-11-29-23/h3-9,11,15-16,18,20H,10,12-14,17H2,1-2H3. The van der Waals surface area contributed by atoms with Crippen LogP contribution in [0.25, 0.3) is 5.69 Å². The summed E-state index contributed by atoms with van der Waals surface area (Å²) in [6, 6.07) is 11.2. The van der Waals surface area contributed by atoms with Gasteiger partial charge in [-0.1, -0.05) is 6.07 Å². The third-order valence-electron chi connectivity index (χ3n) is 7.84. The molecular weight excluding hydrogens is 521 g/mol. The summed E-state index contributed by atoms with van der Waals surface area (Å²) < 4.78 is 44.1. The molecule has 10 nitrogen and oxygen atoms in total. The van der Waals surface area contributed by atoms with E-state index in [4.69, 9.17) is 0 Å². The molecule has 202 valence electrons. The number of Topliss-reactive ketones (excluding diaryl/α,β-unsaturated/α-hetero) is 1. The van der Waals surface area contributed by atoms with Gasteiger partial charge in [0, 0.05) is 25.0 Å². The van der Waals surface area contributed by atoms with Crippen LogP contribution in [-0.2, 0) is 22.9 Å². The van der Waals surface area contributed by atoms with Gasteiger partial charge in [-0.2, -0.15) is 19.3 Å². The van der Waals surface area contributed by atoms with E-state index in [1.165, 1.54) is 27.4 Å². The number of carbonyl (C=O) groups is 1. The summed E-state index contributed by atoms with van der Waals surface area (Å²) in [5.41, 5.74) is 1.82. The predicted molar refractivity (Wildman–Crippen MR) is 139 cm³/mol. The summed E-state index contributed by atoms with van der Waals surface area (Å²) in [6.45, 7) is 3.99. The maximum atomic E-state index is 14.2. The van der Waals surface area contributed by atoms with E-state index in [0.717, 1.165) is 16.9 Å². The quantitative estimate of drug-likeness (QED) is 0.339. The third-order valence-corrected chi connectivity index (χ3v) is 9.55. The maximum Gasteiger partial charge on any atom is 0.264 e. The molecule has 1 saturated heterocycles. The molecule has 0 spiro atoms. The van der Waals surface area contributed by atoms with Gasteiger partial charge in [0.1, 0.15) is 11.5 Å². The van der Waals surface area contributed by atoms with Crippen LogP contribution in [0, 0.1) is 17.2 Å². The molecule has 0 amide bonds. The van der Waals surface area contributed by atoms with Crippen LogP contribution >= 0.6 is 0 Å². The van der Waals surface area contributed by atoms with Gasteiger partial charge in [-0.05, 0) is 81.0 Å². The summed E-state index contributed by atoms with van der Waals surface area (Å²) in [4.78, 5) is 19.9. The molecule has 2 atom stereocenters. The SMILES string of the molecule is CC(C)n1ncc(S(=O)(=O)N2CCC3Cc4c(cnn4-c4ccc(F)cc4)CC3(C(=O)c3ccccn3)C2)n1. The monoisotopic (exact) mass is 549 g/mol. The Bertz CT molecular complexity index is 1630. The Hall–Kier alpha value is -3.77. The number of halogens is 1. The van der Waals surface area contributed by atoms with E-state index in [-0.39, 0.29) is 41.7 Å². The average molecular weight is 550 g/mol. The molecule has 39 heavy (non-hydrogen) atoms. The molecule has 3 aromatic heterocycles. The van der Waals surface area contributed by atoms with Crippen molar-refractivity contribution in [2.75, 3.05) is 13.1 Å². The van der Waals surface area contributed by atoms with E-state index in [1.807, 2.05) is 13.8 Å². The summed E-state index contributed by atoms with van der Waals surface area (Å²) in [7, 11) is -3.99. The van der Waals surface area contributed by atoms with E-state index in [2.05, 4.69) is 20.3 Å². The third kappa shape index (κ3) is 4.27. The van der Waals surface area contributed by atoms with Crippen molar-refractivity contribution in [2.24, 2.45) is 11.3 Å². The second-order valence-corrected chi connectivity index (χ2v) is 12.4. The number of hydrogen-bond donors (Lipinski definition) is 0. The highest BCUT2D eigenvalue weighted by Crippen LogP contribution is 2.48. The highest BCUT2D eigenvalue weighted by molar-refractivity contribution is 7.89. The smallest absolute Gasteiger partial charge is 0.264 e. The minimum Gasteiger partial charge on any atom is -0.292 e. The number of benzene rings is 1. The molecule has 1 aliphatic carbocycles. The van der Waals surface area contributed by atoms with Crippen LogP contribution < -0.4 is 0 Å². The Morgan fingerprint density at radius 3 is 2.59 bits per heavy atom. The van der Waals surface area contributed by atoms with Crippen molar-refractivity contribution in [1.29, 1.82) is 0 Å². The zero-order chi connectivity index (χ0) is 27.4. The predicted octanol–water partition coefficient (Wildman–Crippen LogP) is 3.26. The first kappa shape index (κ1) is 25.5. The van der Waals surface area contributed by atoms with Crippen LogP contribution in [0.3, 0.4) is 0 Å². The molecule has 12 heteroatoms. The van der Waals surface area contributed by atoms with E-state index in [9.17, 15) is 17.6 Å². The molecule has 0 radical (unpaired) electrons. The molecule has 0 saturated carbocycles. The second kappa shape index (κ2) is 9.45. The van der Waals surface area contributed by atoms with Crippen molar-refractivity contribution in [3.05, 3.63) is 83.8 Å². The topological polar surface area (TPSA) is 116 Å². The average Bonchev–Trinajstić information content (AvgIpc) is 3.60. The highest BCUT2D eigenvalue weighted by Gasteiger charge is 2.55. The highest BCUT2D eigenvalue weighted by atomic mass is 32.2. The largest absolute Gasteiger partial charge is 0.292 e. The van der Waals surface area contributed by atoms with Gasteiger partial charge >= 0.3 is 0 Å². The molecule has 1 fully saturated rings. The number of nitrogens with zero attached hydrogens (tertiary/aromatic N) is 7. The first-order chi connectivity index (χ1) is 18.7. The van der Waals surface area contributed by atoms with Crippen LogP contribution in [0.2, 0.25) is 0 Å². The van der Waals surface area contributed by atoms with Crippen LogP contribution in [0.15, 0.2) is 66.1 Å². The minimum absolute atomic E-state index is 0.00507. The van der Waals surface area contributed by atoms with E-state index in [1.54, 1.807) is 47.4 Å². The fourth-order valence-electron chi connectivity index (χ4n) is 5.80. The van der Waals surface area contributed by atoms with E-state index < -0.39 is 15.4 Å². The Morgan fingerprint density at radius 2 is 1.90 bits per heavy atom. The summed E-state index contributed by atoms with van der Waals surface area (Å²) >= 11 is 0. The van der Waals surface area contributed by atoms with Gasteiger partial charge in [-0.15, -0.1) is 5.10 Å². The minimum atomic E-state index is -3.99. The first-order valence-electron chi connectivity index (χ1n) is 12.9. The Morgan fingerprint density at radius 1 is 1.10 bits per heavy atom. The lowest BCUT2D eigenvalue weighted by Gasteiger charge is -2.48. The molecule has 2 unspecified atom stereocenters. The van der Waals surface area contributed by atoms with Crippen LogP contribution in [-0.4, -0.2) is 61.4 Å². The van der Waals surface area contributed by atoms with E-state index in [0.29, 0.717) is 25.0 Å². The number of ketones is 1. The second-order valence-electron chi connectivity index (χ2n) is 10.5. The molecule has 4 aromatic rings. The molecule has 1 aromatic carbocycles. The van der Waals surface area contributed by atoms with Gasteiger partial charge in [-0.25, -0.2) is 17.5 Å². The van der Waals surface area contributed by atoms with Crippen molar-refractivity contribution in [1.82, 2.24) is 34.1 Å². The molecular formula is C27H28FN7O3S. The number of fused-ring (bicyclic) bond motifs is 2. The molecule has 2 aliphatic rings.